The summed E-state index contributed by atoms with van der Waals surface area (Å²) in [6, 6.07) is 14.6. The van der Waals surface area contributed by atoms with E-state index < -0.39 is 0 Å². The minimum atomic E-state index is -0.148. The van der Waals surface area contributed by atoms with Gasteiger partial charge in [0.05, 0.1) is 17.7 Å². The molecule has 0 N–H and O–H groups in total. The number of benzene rings is 2. The van der Waals surface area contributed by atoms with Gasteiger partial charge in [-0.15, -0.1) is 0 Å². The maximum atomic E-state index is 12.7. The third kappa shape index (κ3) is 3.27. The predicted molar refractivity (Wildman–Crippen MR) is 100 cm³/mol. The average Bonchev–Trinajstić information content (AvgIpc) is 2.84. The molecule has 1 aliphatic heterocycles. The molecule has 0 bridgehead atoms. The van der Waals surface area contributed by atoms with Crippen LogP contribution in [0.25, 0.3) is 6.08 Å². The van der Waals surface area contributed by atoms with Gasteiger partial charge in [-0.1, -0.05) is 53.8 Å². The van der Waals surface area contributed by atoms with Crippen molar-refractivity contribution in [2.45, 2.75) is 0 Å². The summed E-state index contributed by atoms with van der Waals surface area (Å²) >= 11 is 12.8. The molecule has 1 aliphatic rings. The fourth-order valence-electron chi connectivity index (χ4n) is 2.16. The van der Waals surface area contributed by atoms with Crippen molar-refractivity contribution < 1.29 is 9.53 Å². The van der Waals surface area contributed by atoms with Crippen molar-refractivity contribution >= 4 is 57.6 Å². The lowest BCUT2D eigenvalue weighted by Crippen LogP contribution is -2.27. The normalized spacial score (nSPS) is 16.3. The van der Waals surface area contributed by atoms with E-state index in [0.29, 0.717) is 14.2 Å². The summed E-state index contributed by atoms with van der Waals surface area (Å²) < 4.78 is 5.63. The first-order chi connectivity index (χ1) is 11.1. The van der Waals surface area contributed by atoms with Gasteiger partial charge in [-0.3, -0.25) is 9.69 Å². The molecule has 0 atom stereocenters. The summed E-state index contributed by atoms with van der Waals surface area (Å²) in [4.78, 5) is 14.7. The number of carbonyl (C=O) groups is 1. The lowest BCUT2D eigenvalue weighted by atomic mass is 10.2. The number of methoxy groups -OCH3 is 1. The number of anilines is 1. The second-order valence-electron chi connectivity index (χ2n) is 4.74. The second kappa shape index (κ2) is 6.74. The van der Waals surface area contributed by atoms with Crippen molar-refractivity contribution in [2.75, 3.05) is 12.0 Å². The van der Waals surface area contributed by atoms with Gasteiger partial charge in [0.15, 0.2) is 4.32 Å². The molecular formula is C17H12ClNO2S2. The maximum absolute atomic E-state index is 12.7. The Bertz CT molecular complexity index is 802. The van der Waals surface area contributed by atoms with Crippen LogP contribution in [0.2, 0.25) is 5.02 Å². The van der Waals surface area contributed by atoms with Crippen LogP contribution in [-0.2, 0) is 4.79 Å². The Kier molecular flexibility index (Phi) is 4.71. The summed E-state index contributed by atoms with van der Waals surface area (Å²) in [7, 11) is 1.60. The third-order valence-electron chi connectivity index (χ3n) is 3.32. The van der Waals surface area contributed by atoms with Gasteiger partial charge in [0.1, 0.15) is 5.75 Å². The molecule has 3 rings (SSSR count). The topological polar surface area (TPSA) is 29.5 Å². The first kappa shape index (κ1) is 16.1. The largest absolute Gasteiger partial charge is 0.497 e. The predicted octanol–water partition coefficient (Wildman–Crippen LogP) is 4.75. The summed E-state index contributed by atoms with van der Waals surface area (Å²) in [6.07, 6.45) is 1.77. The molecule has 6 heteroatoms. The molecule has 1 fully saturated rings. The highest BCUT2D eigenvalue weighted by Gasteiger charge is 2.33. The van der Waals surface area contributed by atoms with Crippen LogP contribution in [0.5, 0.6) is 5.75 Å². The van der Waals surface area contributed by atoms with Crippen molar-refractivity contribution in [3.05, 3.63) is 64.0 Å². The zero-order valence-corrected chi connectivity index (χ0v) is 14.5. The maximum Gasteiger partial charge on any atom is 0.270 e. The van der Waals surface area contributed by atoms with E-state index in [-0.39, 0.29) is 5.91 Å². The Hall–Kier alpha value is -1.82. The summed E-state index contributed by atoms with van der Waals surface area (Å²) in [5.41, 5.74) is 1.51. The van der Waals surface area contributed by atoms with Crippen LogP contribution in [0.3, 0.4) is 0 Å². The third-order valence-corrected chi connectivity index (χ3v) is 4.96. The van der Waals surface area contributed by atoms with Gasteiger partial charge >= 0.3 is 0 Å². The number of hydrogen-bond acceptors (Lipinski definition) is 4. The number of thiocarbonyl (C=S) groups is 1. The minimum absolute atomic E-state index is 0.148. The Morgan fingerprint density at radius 3 is 2.52 bits per heavy atom. The fraction of sp³-hybridized carbons (Fsp3) is 0.0588. The van der Waals surface area contributed by atoms with Gasteiger partial charge in [-0.2, -0.15) is 0 Å². The van der Waals surface area contributed by atoms with Crippen molar-refractivity contribution in [3.8, 4) is 5.75 Å². The van der Waals surface area contributed by atoms with Crippen LogP contribution in [0, 0.1) is 0 Å². The Morgan fingerprint density at radius 2 is 1.87 bits per heavy atom. The Morgan fingerprint density at radius 1 is 1.17 bits per heavy atom. The van der Waals surface area contributed by atoms with Gasteiger partial charge in [-0.05, 0) is 42.0 Å². The molecule has 1 saturated heterocycles. The monoisotopic (exact) mass is 361 g/mol. The molecule has 3 nitrogen and oxygen atoms in total. The molecule has 23 heavy (non-hydrogen) atoms. The zero-order valence-electron chi connectivity index (χ0n) is 12.2. The molecule has 0 aliphatic carbocycles. The molecular weight excluding hydrogens is 350 g/mol. The number of thioether (sulfide) groups is 1. The summed E-state index contributed by atoms with van der Waals surface area (Å²) in [5.74, 6) is 0.580. The smallest absolute Gasteiger partial charge is 0.270 e. The second-order valence-corrected chi connectivity index (χ2v) is 6.82. The lowest BCUT2D eigenvalue weighted by Gasteiger charge is -2.14. The zero-order chi connectivity index (χ0) is 16.4. The number of nitrogens with zero attached hydrogens (tertiary/aromatic N) is 1. The van der Waals surface area contributed by atoms with E-state index in [2.05, 4.69) is 0 Å². The van der Waals surface area contributed by atoms with E-state index in [1.54, 1.807) is 31.4 Å². The highest BCUT2D eigenvalue weighted by atomic mass is 35.5. The van der Waals surface area contributed by atoms with E-state index >= 15 is 0 Å². The number of halogens is 1. The fourth-order valence-corrected chi connectivity index (χ4v) is 3.64. The standard InChI is InChI=1S/C17H12ClNO2S2/c1-21-13-8-6-12(7-9-13)19-16(20)15(23-17(19)22)10-11-4-2-3-5-14(11)18/h2-10H,1H3/b15-10+. The van der Waals surface area contributed by atoms with E-state index in [1.165, 1.54) is 16.7 Å². The van der Waals surface area contributed by atoms with E-state index in [1.807, 2.05) is 30.3 Å². The Balaban J connectivity index is 1.92. The number of amides is 1. The molecule has 2 aromatic carbocycles. The highest BCUT2D eigenvalue weighted by molar-refractivity contribution is 8.27. The van der Waals surface area contributed by atoms with Crippen molar-refractivity contribution in [3.63, 3.8) is 0 Å². The van der Waals surface area contributed by atoms with Crippen LogP contribution in [0.1, 0.15) is 5.56 Å². The SMILES string of the molecule is COc1ccc(N2C(=O)/C(=C\c3ccccc3Cl)SC2=S)cc1. The molecule has 0 unspecified atom stereocenters. The molecule has 1 amide bonds. The van der Waals surface area contributed by atoms with Crippen LogP contribution in [0.4, 0.5) is 5.69 Å². The van der Waals surface area contributed by atoms with Gasteiger partial charge in [-0.25, -0.2) is 0 Å². The van der Waals surface area contributed by atoms with Gasteiger partial charge < -0.3 is 4.74 Å². The minimum Gasteiger partial charge on any atom is -0.497 e. The molecule has 0 saturated carbocycles. The highest BCUT2D eigenvalue weighted by Crippen LogP contribution is 2.37. The lowest BCUT2D eigenvalue weighted by molar-refractivity contribution is -0.113. The first-order valence-corrected chi connectivity index (χ1v) is 8.37. The van der Waals surface area contributed by atoms with E-state index in [9.17, 15) is 4.79 Å². The first-order valence-electron chi connectivity index (χ1n) is 6.76. The molecule has 116 valence electrons. The van der Waals surface area contributed by atoms with Crippen molar-refractivity contribution in [1.29, 1.82) is 0 Å². The number of hydrogen-bond donors (Lipinski definition) is 0. The van der Waals surface area contributed by atoms with E-state index in [4.69, 9.17) is 28.6 Å². The van der Waals surface area contributed by atoms with Crippen LogP contribution in [-0.4, -0.2) is 17.3 Å². The van der Waals surface area contributed by atoms with Crippen LogP contribution in [0.15, 0.2) is 53.4 Å². The number of rotatable bonds is 3. The molecule has 0 spiro atoms. The van der Waals surface area contributed by atoms with Crippen LogP contribution >= 0.6 is 35.6 Å². The quantitative estimate of drug-likeness (QED) is 0.582. The number of ether oxygens (including phenoxy) is 1. The summed E-state index contributed by atoms with van der Waals surface area (Å²) in [6.45, 7) is 0. The van der Waals surface area contributed by atoms with Crippen molar-refractivity contribution in [2.24, 2.45) is 0 Å². The number of carbonyl (C=O) groups excluding carboxylic acids is 1. The average molecular weight is 362 g/mol. The van der Waals surface area contributed by atoms with Crippen LogP contribution < -0.4 is 9.64 Å². The molecule has 2 aromatic rings. The molecule has 0 aromatic heterocycles. The van der Waals surface area contributed by atoms with Crippen molar-refractivity contribution in [1.82, 2.24) is 0 Å². The Labute approximate surface area is 148 Å². The molecule has 0 radical (unpaired) electrons. The molecule has 1 heterocycles. The van der Waals surface area contributed by atoms with Gasteiger partial charge in [0.2, 0.25) is 0 Å². The van der Waals surface area contributed by atoms with Gasteiger partial charge in [0.25, 0.3) is 5.91 Å². The van der Waals surface area contributed by atoms with Gasteiger partial charge in [0, 0.05) is 5.02 Å². The van der Waals surface area contributed by atoms with E-state index in [0.717, 1.165) is 17.0 Å². The summed E-state index contributed by atoms with van der Waals surface area (Å²) in [5, 5.41) is 0.599.